The molecule has 0 aliphatic rings. The van der Waals surface area contributed by atoms with Crippen LogP contribution >= 0.6 is 0 Å². The average molecular weight is 306 g/mol. The normalized spacial score (nSPS) is 9.70. The van der Waals surface area contributed by atoms with Crippen molar-refractivity contribution in [1.82, 2.24) is 4.90 Å². The molecule has 0 saturated heterocycles. The molecule has 1 amide bonds. The lowest BCUT2D eigenvalue weighted by Crippen LogP contribution is -2.31. The number of rotatable bonds is 6. The predicted molar refractivity (Wildman–Crippen MR) is 88.4 cm³/mol. The summed E-state index contributed by atoms with van der Waals surface area (Å²) in [5.74, 6) is 0. The summed E-state index contributed by atoms with van der Waals surface area (Å²) in [4.78, 5) is 13.8. The van der Waals surface area contributed by atoms with Gasteiger partial charge in [-0.05, 0) is 23.3 Å². The van der Waals surface area contributed by atoms with Crippen molar-refractivity contribution in [2.24, 2.45) is 0 Å². The SMILES string of the molecule is C=CCN(Cc1ccc(C#N)cc1)C(=O)OCc1ccccc1. The number of carbonyl (C=O) groups excluding carboxylic acids is 1. The summed E-state index contributed by atoms with van der Waals surface area (Å²) in [6.45, 7) is 4.72. The molecule has 0 saturated carbocycles. The second-order valence-corrected chi connectivity index (χ2v) is 5.02. The maximum atomic E-state index is 12.2. The summed E-state index contributed by atoms with van der Waals surface area (Å²) in [5, 5.41) is 8.81. The molecule has 0 aliphatic heterocycles. The quantitative estimate of drug-likeness (QED) is 0.761. The van der Waals surface area contributed by atoms with Gasteiger partial charge in [0.25, 0.3) is 0 Å². The van der Waals surface area contributed by atoms with Crippen molar-refractivity contribution < 1.29 is 9.53 Å². The lowest BCUT2D eigenvalue weighted by atomic mass is 10.1. The van der Waals surface area contributed by atoms with Crippen LogP contribution in [0.15, 0.2) is 67.3 Å². The summed E-state index contributed by atoms with van der Waals surface area (Å²) in [5.41, 5.74) is 2.47. The minimum Gasteiger partial charge on any atom is -0.445 e. The van der Waals surface area contributed by atoms with Crippen molar-refractivity contribution in [3.05, 3.63) is 83.9 Å². The van der Waals surface area contributed by atoms with Crippen LogP contribution in [0.25, 0.3) is 0 Å². The minimum absolute atomic E-state index is 0.237. The van der Waals surface area contributed by atoms with Crippen LogP contribution in [0.4, 0.5) is 4.79 Å². The zero-order valence-electron chi connectivity index (χ0n) is 12.8. The van der Waals surface area contributed by atoms with E-state index in [0.29, 0.717) is 18.7 Å². The first-order valence-corrected chi connectivity index (χ1v) is 7.28. The number of ether oxygens (including phenoxy) is 1. The highest BCUT2D eigenvalue weighted by atomic mass is 16.6. The summed E-state index contributed by atoms with van der Waals surface area (Å²) in [6.07, 6.45) is 1.27. The summed E-state index contributed by atoms with van der Waals surface area (Å²) >= 11 is 0. The van der Waals surface area contributed by atoms with E-state index in [1.54, 1.807) is 23.1 Å². The number of hydrogen-bond acceptors (Lipinski definition) is 3. The Kier molecular flexibility index (Phi) is 5.96. The highest BCUT2D eigenvalue weighted by molar-refractivity contribution is 5.68. The van der Waals surface area contributed by atoms with E-state index in [4.69, 9.17) is 10.00 Å². The van der Waals surface area contributed by atoms with Crippen molar-refractivity contribution >= 4 is 6.09 Å². The third-order valence-corrected chi connectivity index (χ3v) is 3.27. The Morgan fingerprint density at radius 3 is 2.43 bits per heavy atom. The van der Waals surface area contributed by atoms with E-state index in [1.165, 1.54) is 0 Å². The standard InChI is InChI=1S/C19H18N2O2/c1-2-12-21(14-17-10-8-16(13-20)9-11-17)19(22)23-15-18-6-4-3-5-7-18/h2-11H,1,12,14-15H2. The largest absolute Gasteiger partial charge is 0.445 e. The molecule has 0 aromatic heterocycles. The summed E-state index contributed by atoms with van der Waals surface area (Å²) in [7, 11) is 0. The Morgan fingerprint density at radius 2 is 1.83 bits per heavy atom. The van der Waals surface area contributed by atoms with Crippen LogP contribution in [-0.4, -0.2) is 17.5 Å². The molecule has 2 rings (SSSR count). The predicted octanol–water partition coefficient (Wildman–Crippen LogP) is 3.88. The molecule has 0 atom stereocenters. The van der Waals surface area contributed by atoms with Crippen LogP contribution in [0.3, 0.4) is 0 Å². The van der Waals surface area contributed by atoms with Crippen molar-refractivity contribution in [3.63, 3.8) is 0 Å². The van der Waals surface area contributed by atoms with E-state index in [1.807, 2.05) is 42.5 Å². The average Bonchev–Trinajstić information content (AvgIpc) is 2.61. The number of hydrogen-bond donors (Lipinski definition) is 0. The fraction of sp³-hybridized carbons (Fsp3) is 0.158. The lowest BCUT2D eigenvalue weighted by molar-refractivity contribution is 0.0978. The fourth-order valence-corrected chi connectivity index (χ4v) is 2.08. The van der Waals surface area contributed by atoms with E-state index in [-0.39, 0.29) is 6.61 Å². The number of benzene rings is 2. The first-order valence-electron chi connectivity index (χ1n) is 7.28. The molecule has 0 bridgehead atoms. The Bertz CT molecular complexity index is 688. The van der Waals surface area contributed by atoms with Gasteiger partial charge in [-0.1, -0.05) is 48.5 Å². The van der Waals surface area contributed by atoms with Crippen molar-refractivity contribution in [1.29, 1.82) is 5.26 Å². The molecule has 4 nitrogen and oxygen atoms in total. The van der Waals surface area contributed by atoms with Crippen LogP contribution in [0.2, 0.25) is 0 Å². The van der Waals surface area contributed by atoms with Crippen LogP contribution in [-0.2, 0) is 17.9 Å². The molecule has 0 heterocycles. The Labute approximate surface area is 136 Å². The number of nitriles is 1. The highest BCUT2D eigenvalue weighted by Gasteiger charge is 2.14. The second kappa shape index (κ2) is 8.40. The molecule has 0 unspecified atom stereocenters. The van der Waals surface area contributed by atoms with Gasteiger partial charge in [-0.25, -0.2) is 4.79 Å². The molecule has 116 valence electrons. The maximum absolute atomic E-state index is 12.2. The van der Waals surface area contributed by atoms with Gasteiger partial charge in [0.2, 0.25) is 0 Å². The molecule has 0 radical (unpaired) electrons. The van der Waals surface area contributed by atoms with E-state index in [9.17, 15) is 4.79 Å². The molecule has 2 aromatic carbocycles. The maximum Gasteiger partial charge on any atom is 0.410 e. The summed E-state index contributed by atoms with van der Waals surface area (Å²) < 4.78 is 5.35. The first kappa shape index (κ1) is 16.3. The van der Waals surface area contributed by atoms with Crippen LogP contribution in [0.1, 0.15) is 16.7 Å². The molecule has 2 aromatic rings. The van der Waals surface area contributed by atoms with Gasteiger partial charge in [0.15, 0.2) is 0 Å². The van der Waals surface area contributed by atoms with Gasteiger partial charge in [0.1, 0.15) is 6.61 Å². The zero-order valence-corrected chi connectivity index (χ0v) is 12.8. The van der Waals surface area contributed by atoms with E-state index < -0.39 is 6.09 Å². The van der Waals surface area contributed by atoms with Crippen molar-refractivity contribution in [2.75, 3.05) is 6.54 Å². The van der Waals surface area contributed by atoms with Gasteiger partial charge >= 0.3 is 6.09 Å². The van der Waals surface area contributed by atoms with E-state index in [2.05, 4.69) is 12.6 Å². The highest BCUT2D eigenvalue weighted by Crippen LogP contribution is 2.10. The van der Waals surface area contributed by atoms with Gasteiger partial charge in [0, 0.05) is 13.1 Å². The van der Waals surface area contributed by atoms with Crippen LogP contribution in [0.5, 0.6) is 0 Å². The number of amides is 1. The lowest BCUT2D eigenvalue weighted by Gasteiger charge is -2.20. The molecule has 0 spiro atoms. The molecular weight excluding hydrogens is 288 g/mol. The second-order valence-electron chi connectivity index (χ2n) is 5.02. The van der Waals surface area contributed by atoms with Crippen molar-refractivity contribution in [2.45, 2.75) is 13.2 Å². The Hall–Kier alpha value is -3.06. The zero-order chi connectivity index (χ0) is 16.5. The minimum atomic E-state index is -0.391. The Morgan fingerprint density at radius 1 is 1.13 bits per heavy atom. The number of nitrogens with zero attached hydrogens (tertiary/aromatic N) is 2. The summed E-state index contributed by atoms with van der Waals surface area (Å²) in [6, 6.07) is 18.7. The van der Waals surface area contributed by atoms with Gasteiger partial charge < -0.3 is 9.64 Å². The van der Waals surface area contributed by atoms with Gasteiger partial charge in [-0.15, -0.1) is 6.58 Å². The Balaban J connectivity index is 1.97. The van der Waals surface area contributed by atoms with Crippen LogP contribution < -0.4 is 0 Å². The smallest absolute Gasteiger partial charge is 0.410 e. The van der Waals surface area contributed by atoms with Crippen LogP contribution in [0, 0.1) is 11.3 Å². The number of carbonyl (C=O) groups is 1. The van der Waals surface area contributed by atoms with E-state index in [0.717, 1.165) is 11.1 Å². The van der Waals surface area contributed by atoms with Gasteiger partial charge in [-0.2, -0.15) is 5.26 Å². The monoisotopic (exact) mass is 306 g/mol. The first-order chi connectivity index (χ1) is 11.2. The molecule has 0 aliphatic carbocycles. The molecule has 0 N–H and O–H groups in total. The third-order valence-electron chi connectivity index (χ3n) is 3.27. The fourth-order valence-electron chi connectivity index (χ4n) is 2.08. The third kappa shape index (κ3) is 5.01. The van der Waals surface area contributed by atoms with Gasteiger partial charge in [-0.3, -0.25) is 0 Å². The van der Waals surface area contributed by atoms with E-state index >= 15 is 0 Å². The van der Waals surface area contributed by atoms with Crippen molar-refractivity contribution in [3.8, 4) is 6.07 Å². The molecule has 0 fully saturated rings. The molecule has 23 heavy (non-hydrogen) atoms. The van der Waals surface area contributed by atoms with Gasteiger partial charge in [0.05, 0.1) is 11.6 Å². The molecular formula is C19H18N2O2. The molecule has 4 heteroatoms. The topological polar surface area (TPSA) is 53.3 Å².